The summed E-state index contributed by atoms with van der Waals surface area (Å²) in [6, 6.07) is 16.6. The maximum Gasteiger partial charge on any atom is 0.278 e. The molecule has 2 aromatic carbocycles. The van der Waals surface area contributed by atoms with E-state index in [2.05, 4.69) is 20.6 Å². The number of nitrogens with one attached hydrogen (secondary N) is 1. The lowest BCUT2D eigenvalue weighted by molar-refractivity contribution is 0.102. The molecule has 144 valence electrons. The van der Waals surface area contributed by atoms with E-state index in [1.54, 1.807) is 24.3 Å². The molecule has 0 radical (unpaired) electrons. The highest BCUT2D eigenvalue weighted by Crippen LogP contribution is 2.42. The molecule has 2 heterocycles. The molecule has 0 spiro atoms. The zero-order valence-corrected chi connectivity index (χ0v) is 16.2. The number of amides is 1. The number of nitrogens with zero attached hydrogens (tertiary/aromatic N) is 4. The minimum atomic E-state index is -0.401. The first-order valence-corrected chi connectivity index (χ1v) is 10.2. The first-order chi connectivity index (χ1) is 14.2. The van der Waals surface area contributed by atoms with E-state index >= 15 is 0 Å². The van der Waals surface area contributed by atoms with E-state index in [0.29, 0.717) is 21.8 Å². The lowest BCUT2D eigenvalue weighted by Gasteiger charge is -2.10. The van der Waals surface area contributed by atoms with E-state index in [9.17, 15) is 9.59 Å². The fraction of sp³-hybridized carbons (Fsp3) is 0.190. The SMILES string of the molecule is O=C(Nc1nnc(C2CC2)s1)c1nn(Cc2ccccc2)c(=O)c2ccccc12. The second-order valence-electron chi connectivity index (χ2n) is 7.02. The molecule has 0 unspecified atom stereocenters. The van der Waals surface area contributed by atoms with Gasteiger partial charge in [-0.3, -0.25) is 14.9 Å². The Balaban J connectivity index is 1.53. The van der Waals surface area contributed by atoms with Crippen LogP contribution in [0.15, 0.2) is 59.4 Å². The molecule has 7 nitrogen and oxygen atoms in total. The van der Waals surface area contributed by atoms with Gasteiger partial charge in [0.2, 0.25) is 5.13 Å². The number of carbonyl (C=O) groups excluding carboxylic acids is 1. The second-order valence-corrected chi connectivity index (χ2v) is 8.03. The van der Waals surface area contributed by atoms with Gasteiger partial charge in [-0.15, -0.1) is 10.2 Å². The molecule has 0 saturated heterocycles. The monoisotopic (exact) mass is 403 g/mol. The zero-order chi connectivity index (χ0) is 19.8. The number of benzene rings is 2. The summed E-state index contributed by atoms with van der Waals surface area (Å²) >= 11 is 1.39. The van der Waals surface area contributed by atoms with Gasteiger partial charge in [0.25, 0.3) is 11.5 Å². The van der Waals surface area contributed by atoms with Crippen LogP contribution in [-0.2, 0) is 6.54 Å². The lowest BCUT2D eigenvalue weighted by Crippen LogP contribution is -2.28. The van der Waals surface area contributed by atoms with Crippen LogP contribution in [0.1, 0.15) is 39.8 Å². The smallest absolute Gasteiger partial charge is 0.278 e. The molecule has 1 amide bonds. The van der Waals surface area contributed by atoms with Crippen LogP contribution in [0.2, 0.25) is 0 Å². The summed E-state index contributed by atoms with van der Waals surface area (Å²) in [6.45, 7) is 0.287. The molecule has 29 heavy (non-hydrogen) atoms. The Bertz CT molecular complexity index is 1260. The number of rotatable bonds is 5. The van der Waals surface area contributed by atoms with Gasteiger partial charge in [-0.2, -0.15) is 5.10 Å². The van der Waals surface area contributed by atoms with Crippen molar-refractivity contribution in [3.63, 3.8) is 0 Å². The zero-order valence-electron chi connectivity index (χ0n) is 15.4. The quantitative estimate of drug-likeness (QED) is 0.551. The molecule has 0 atom stereocenters. The maximum absolute atomic E-state index is 13.0. The van der Waals surface area contributed by atoms with Crippen LogP contribution in [0.5, 0.6) is 0 Å². The van der Waals surface area contributed by atoms with Crippen molar-refractivity contribution in [2.45, 2.75) is 25.3 Å². The van der Waals surface area contributed by atoms with E-state index < -0.39 is 5.91 Å². The average molecular weight is 403 g/mol. The van der Waals surface area contributed by atoms with Crippen molar-refractivity contribution >= 4 is 33.1 Å². The number of hydrogen-bond acceptors (Lipinski definition) is 6. The third kappa shape index (κ3) is 3.54. The molecular formula is C21H17N5O2S. The van der Waals surface area contributed by atoms with Crippen molar-refractivity contribution in [3.05, 3.63) is 81.2 Å². The number of anilines is 1. The van der Waals surface area contributed by atoms with Gasteiger partial charge >= 0.3 is 0 Å². The van der Waals surface area contributed by atoms with Crippen LogP contribution in [0.4, 0.5) is 5.13 Å². The molecule has 5 rings (SSSR count). The van der Waals surface area contributed by atoms with E-state index in [4.69, 9.17) is 0 Å². The summed E-state index contributed by atoms with van der Waals surface area (Å²) in [4.78, 5) is 25.9. The van der Waals surface area contributed by atoms with Gasteiger partial charge in [-0.1, -0.05) is 59.9 Å². The van der Waals surface area contributed by atoms with Gasteiger partial charge in [-0.05, 0) is 24.5 Å². The molecule has 1 fully saturated rings. The molecule has 0 bridgehead atoms. The Morgan fingerprint density at radius 2 is 1.76 bits per heavy atom. The third-order valence-corrected chi connectivity index (χ3v) is 5.85. The Labute approximate surface area is 170 Å². The maximum atomic E-state index is 13.0. The first kappa shape index (κ1) is 17.7. The molecule has 1 aliphatic rings. The summed E-state index contributed by atoms with van der Waals surface area (Å²) in [5.74, 6) is 0.0754. The topological polar surface area (TPSA) is 89.8 Å². The Kier molecular flexibility index (Phi) is 4.40. The summed E-state index contributed by atoms with van der Waals surface area (Å²) in [5, 5.41) is 17.8. The standard InChI is InChI=1S/C21H17N5O2S/c27-18(22-21-24-23-19(29-21)14-10-11-14)17-15-8-4-5-9-16(15)20(28)26(25-17)12-13-6-2-1-3-7-13/h1-9,14H,10-12H2,(H,22,24,27). The number of carbonyl (C=O) groups is 1. The van der Waals surface area contributed by atoms with Crippen molar-refractivity contribution < 1.29 is 4.79 Å². The molecule has 0 aliphatic heterocycles. The normalized spacial score (nSPS) is 13.5. The highest BCUT2D eigenvalue weighted by atomic mass is 32.1. The van der Waals surface area contributed by atoms with E-state index in [0.717, 1.165) is 23.4 Å². The minimum absolute atomic E-state index is 0.194. The average Bonchev–Trinajstić information content (AvgIpc) is 3.50. The summed E-state index contributed by atoms with van der Waals surface area (Å²) < 4.78 is 1.34. The number of hydrogen-bond donors (Lipinski definition) is 1. The Hall–Kier alpha value is -3.39. The summed E-state index contributed by atoms with van der Waals surface area (Å²) in [6.07, 6.45) is 2.25. The van der Waals surface area contributed by atoms with Crippen LogP contribution < -0.4 is 10.9 Å². The van der Waals surface area contributed by atoms with Crippen molar-refractivity contribution in [1.29, 1.82) is 0 Å². The Morgan fingerprint density at radius 3 is 2.52 bits per heavy atom. The largest absolute Gasteiger partial charge is 0.295 e. The van der Waals surface area contributed by atoms with Crippen molar-refractivity contribution in [1.82, 2.24) is 20.0 Å². The predicted molar refractivity (Wildman–Crippen MR) is 111 cm³/mol. The molecule has 1 N–H and O–H groups in total. The molecule has 1 aliphatic carbocycles. The van der Waals surface area contributed by atoms with E-state index in [1.807, 2.05) is 30.3 Å². The van der Waals surface area contributed by atoms with Gasteiger partial charge in [-0.25, -0.2) is 4.68 Å². The number of fused-ring (bicyclic) bond motifs is 1. The molecule has 1 saturated carbocycles. The lowest BCUT2D eigenvalue weighted by atomic mass is 10.1. The number of aromatic nitrogens is 4. The predicted octanol–water partition coefficient (Wildman–Crippen LogP) is 3.43. The van der Waals surface area contributed by atoms with Crippen LogP contribution in [-0.4, -0.2) is 25.9 Å². The highest BCUT2D eigenvalue weighted by Gasteiger charge is 2.28. The van der Waals surface area contributed by atoms with Gasteiger partial charge < -0.3 is 0 Å². The van der Waals surface area contributed by atoms with E-state index in [1.165, 1.54) is 16.0 Å². The molecule has 2 aromatic heterocycles. The molecule has 8 heteroatoms. The highest BCUT2D eigenvalue weighted by molar-refractivity contribution is 7.15. The summed E-state index contributed by atoms with van der Waals surface area (Å²) in [5.41, 5.74) is 0.897. The van der Waals surface area contributed by atoms with Gasteiger partial charge in [0.05, 0.1) is 11.9 Å². The van der Waals surface area contributed by atoms with Gasteiger partial charge in [0.1, 0.15) is 5.01 Å². The fourth-order valence-corrected chi connectivity index (χ4v) is 4.11. The second kappa shape index (κ2) is 7.21. The molecular weight excluding hydrogens is 386 g/mol. The molecule has 4 aromatic rings. The van der Waals surface area contributed by atoms with Crippen LogP contribution in [0.25, 0.3) is 10.8 Å². The van der Waals surface area contributed by atoms with Gasteiger partial charge in [0.15, 0.2) is 5.69 Å². The summed E-state index contributed by atoms with van der Waals surface area (Å²) in [7, 11) is 0. The van der Waals surface area contributed by atoms with Gasteiger partial charge in [0, 0.05) is 11.3 Å². The fourth-order valence-electron chi connectivity index (χ4n) is 3.20. The van der Waals surface area contributed by atoms with Crippen molar-refractivity contribution in [3.8, 4) is 0 Å². The Morgan fingerprint density at radius 1 is 1.03 bits per heavy atom. The third-order valence-electron chi connectivity index (χ3n) is 4.85. The van der Waals surface area contributed by atoms with Crippen LogP contribution in [0, 0.1) is 0 Å². The van der Waals surface area contributed by atoms with Crippen molar-refractivity contribution in [2.75, 3.05) is 5.32 Å². The van der Waals surface area contributed by atoms with Crippen molar-refractivity contribution in [2.24, 2.45) is 0 Å². The minimum Gasteiger partial charge on any atom is -0.295 e. The van der Waals surface area contributed by atoms with Crippen LogP contribution >= 0.6 is 11.3 Å². The van der Waals surface area contributed by atoms with E-state index in [-0.39, 0.29) is 17.8 Å². The first-order valence-electron chi connectivity index (χ1n) is 9.37. The van der Waals surface area contributed by atoms with Crippen LogP contribution in [0.3, 0.4) is 0 Å².